The first-order chi connectivity index (χ1) is 17.9. The number of ether oxygens (including phenoxy) is 2. The highest BCUT2D eigenvalue weighted by Crippen LogP contribution is 2.65. The molecule has 0 saturated heterocycles. The third-order valence-electron chi connectivity index (χ3n) is 8.57. The van der Waals surface area contributed by atoms with Gasteiger partial charge in [-0.2, -0.15) is 0 Å². The molecule has 2 heterocycles. The lowest BCUT2D eigenvalue weighted by atomic mass is 9.81. The van der Waals surface area contributed by atoms with Crippen LogP contribution in [0.5, 0.6) is 5.75 Å². The smallest absolute Gasteiger partial charge is 0.314 e. The predicted molar refractivity (Wildman–Crippen MR) is 141 cm³/mol. The van der Waals surface area contributed by atoms with E-state index in [1.165, 1.54) is 31.9 Å². The molecule has 2 fully saturated rings. The van der Waals surface area contributed by atoms with Crippen molar-refractivity contribution in [2.24, 2.45) is 10.6 Å². The van der Waals surface area contributed by atoms with Crippen LogP contribution in [0.4, 0.5) is 0 Å². The lowest BCUT2D eigenvalue weighted by Gasteiger charge is -2.24. The molecule has 0 radical (unpaired) electrons. The number of benzene rings is 2. The third-order valence-corrected chi connectivity index (χ3v) is 8.96. The Labute approximate surface area is 218 Å². The number of carbonyl (C=O) groups excluding carboxylic acids is 2. The fraction of sp³-hybridized carbons (Fsp3) is 0.429. The van der Waals surface area contributed by atoms with Crippen molar-refractivity contribution >= 4 is 34.0 Å². The van der Waals surface area contributed by atoms with Gasteiger partial charge in [-0.3, -0.25) is 14.3 Å². The van der Waals surface area contributed by atoms with E-state index in [2.05, 4.69) is 21.4 Å². The Balaban J connectivity index is 1.65. The molecule has 6 rings (SSSR count). The van der Waals surface area contributed by atoms with E-state index in [-0.39, 0.29) is 11.9 Å². The van der Waals surface area contributed by atoms with Gasteiger partial charge in [0.25, 0.3) is 5.91 Å². The number of nitrogens with zero attached hydrogens (tertiary/aromatic N) is 1. The summed E-state index contributed by atoms with van der Waals surface area (Å²) in [7, 11) is 3.10. The van der Waals surface area contributed by atoms with Gasteiger partial charge in [0.15, 0.2) is 11.2 Å². The molecule has 9 heteroatoms. The molecule has 3 N–H and O–H groups in total. The molecular formula is C28H31N3O5S. The Kier molecular flexibility index (Phi) is 5.88. The molecule has 0 spiro atoms. The van der Waals surface area contributed by atoms with Gasteiger partial charge in [-0.1, -0.05) is 25.3 Å². The van der Waals surface area contributed by atoms with E-state index in [0.717, 1.165) is 46.3 Å². The lowest BCUT2D eigenvalue weighted by Crippen LogP contribution is -2.30. The van der Waals surface area contributed by atoms with Crippen LogP contribution in [0.2, 0.25) is 0 Å². The molecule has 1 aliphatic heterocycles. The first-order valence-corrected chi connectivity index (χ1v) is 14.0. The van der Waals surface area contributed by atoms with E-state index < -0.39 is 22.5 Å². The number of methoxy groups -OCH3 is 2. The van der Waals surface area contributed by atoms with Crippen LogP contribution in [0.25, 0.3) is 22.2 Å². The SMILES string of the molecule is COC(=O)C12CC1c1cc(OC)ccc1-c1c(C3CCCCC3)c3ccc(C(=O)NS(N)=O)cc3n1C2. The van der Waals surface area contributed by atoms with Crippen molar-refractivity contribution in [2.45, 2.75) is 56.9 Å². The van der Waals surface area contributed by atoms with E-state index in [4.69, 9.17) is 14.6 Å². The zero-order chi connectivity index (χ0) is 25.9. The minimum Gasteiger partial charge on any atom is -0.497 e. The summed E-state index contributed by atoms with van der Waals surface area (Å²) in [5, 5.41) is 6.41. The molecule has 194 valence electrons. The first kappa shape index (κ1) is 24.2. The topological polar surface area (TPSA) is 113 Å². The molecule has 3 aromatic rings. The summed E-state index contributed by atoms with van der Waals surface area (Å²) < 4.78 is 26.9. The van der Waals surface area contributed by atoms with Gasteiger partial charge in [-0.15, -0.1) is 0 Å². The van der Waals surface area contributed by atoms with E-state index in [9.17, 15) is 13.8 Å². The second-order valence-electron chi connectivity index (χ2n) is 10.5. The van der Waals surface area contributed by atoms with Gasteiger partial charge in [0.2, 0.25) is 0 Å². The fourth-order valence-corrected chi connectivity index (χ4v) is 7.06. The molecule has 3 atom stereocenters. The van der Waals surface area contributed by atoms with Crippen molar-refractivity contribution in [3.05, 3.63) is 53.1 Å². The predicted octanol–water partition coefficient (Wildman–Crippen LogP) is 4.29. The molecule has 37 heavy (non-hydrogen) atoms. The molecule has 2 aliphatic carbocycles. The summed E-state index contributed by atoms with van der Waals surface area (Å²) in [6.07, 6.45) is 6.53. The second kappa shape index (κ2) is 8.99. The van der Waals surface area contributed by atoms with Gasteiger partial charge >= 0.3 is 5.97 Å². The van der Waals surface area contributed by atoms with Gasteiger partial charge in [-0.25, -0.2) is 9.35 Å². The maximum absolute atomic E-state index is 13.2. The summed E-state index contributed by atoms with van der Waals surface area (Å²) >= 11 is -1.96. The number of hydrogen-bond acceptors (Lipinski definition) is 5. The molecule has 1 aromatic heterocycles. The summed E-state index contributed by atoms with van der Waals surface area (Å²) in [6, 6.07) is 11.8. The number of nitrogens with one attached hydrogen (secondary N) is 1. The normalized spacial score (nSPS) is 23.3. The molecular weight excluding hydrogens is 490 g/mol. The van der Waals surface area contributed by atoms with Crippen molar-refractivity contribution in [3.63, 3.8) is 0 Å². The van der Waals surface area contributed by atoms with Crippen LogP contribution in [0, 0.1) is 5.41 Å². The number of rotatable bonds is 5. The van der Waals surface area contributed by atoms with E-state index >= 15 is 0 Å². The molecule has 3 unspecified atom stereocenters. The lowest BCUT2D eigenvalue weighted by molar-refractivity contribution is -0.147. The van der Waals surface area contributed by atoms with Crippen molar-refractivity contribution < 1.29 is 23.3 Å². The van der Waals surface area contributed by atoms with Crippen LogP contribution < -0.4 is 14.6 Å². The van der Waals surface area contributed by atoms with Gasteiger partial charge in [-0.05, 0) is 66.6 Å². The zero-order valence-electron chi connectivity index (χ0n) is 21.0. The average molecular weight is 522 g/mol. The van der Waals surface area contributed by atoms with Crippen LogP contribution in [0.15, 0.2) is 36.4 Å². The summed E-state index contributed by atoms with van der Waals surface area (Å²) in [5.41, 5.74) is 5.23. The van der Waals surface area contributed by atoms with Gasteiger partial charge < -0.3 is 14.0 Å². The van der Waals surface area contributed by atoms with Gasteiger partial charge in [0.1, 0.15) is 5.75 Å². The number of nitrogens with two attached hydrogens (primary N) is 1. The standard InChI is InChI=1S/C28H31N3O5S/c1-35-18-9-11-19-21(13-18)22-14-28(22,27(33)36-2)15-31-23-12-17(26(32)30-37(29)34)8-10-20(23)24(25(19)31)16-6-4-3-5-7-16/h8-13,16,22H,3-7,14-15,29H2,1-2H3,(H,30,32). The van der Waals surface area contributed by atoms with Gasteiger partial charge in [0.05, 0.1) is 25.3 Å². The molecule has 8 nitrogen and oxygen atoms in total. The Bertz CT molecular complexity index is 1460. The second-order valence-corrected chi connectivity index (χ2v) is 11.3. The summed E-state index contributed by atoms with van der Waals surface area (Å²) in [6.45, 7) is 0.466. The monoisotopic (exact) mass is 521 g/mol. The number of esters is 1. The third kappa shape index (κ3) is 3.78. The van der Waals surface area contributed by atoms with Crippen LogP contribution in [0.3, 0.4) is 0 Å². The average Bonchev–Trinajstić information content (AvgIpc) is 3.58. The maximum Gasteiger partial charge on any atom is 0.314 e. The van der Waals surface area contributed by atoms with Crippen molar-refractivity contribution in [3.8, 4) is 17.0 Å². The van der Waals surface area contributed by atoms with Crippen molar-refractivity contribution in [2.75, 3.05) is 14.2 Å². The van der Waals surface area contributed by atoms with Crippen LogP contribution in [-0.2, 0) is 27.2 Å². The van der Waals surface area contributed by atoms with Crippen molar-refractivity contribution in [1.29, 1.82) is 0 Å². The number of amides is 1. The Morgan fingerprint density at radius 2 is 1.89 bits per heavy atom. The van der Waals surface area contributed by atoms with Gasteiger partial charge in [0, 0.05) is 34.5 Å². The number of aromatic nitrogens is 1. The van der Waals surface area contributed by atoms with Crippen LogP contribution in [0.1, 0.15) is 71.8 Å². The van der Waals surface area contributed by atoms with E-state index in [0.29, 0.717) is 24.4 Å². The Hall–Kier alpha value is -3.17. The van der Waals surface area contributed by atoms with E-state index in [1.807, 2.05) is 18.2 Å². The number of hydrogen-bond donors (Lipinski definition) is 2. The molecule has 2 aromatic carbocycles. The molecule has 0 bridgehead atoms. The maximum atomic E-state index is 13.2. The first-order valence-electron chi connectivity index (χ1n) is 12.8. The minimum absolute atomic E-state index is 0.0327. The van der Waals surface area contributed by atoms with Crippen molar-refractivity contribution in [1.82, 2.24) is 9.29 Å². The number of carbonyl (C=O) groups is 2. The van der Waals surface area contributed by atoms with E-state index in [1.54, 1.807) is 13.2 Å². The summed E-state index contributed by atoms with van der Waals surface area (Å²) in [4.78, 5) is 25.9. The highest BCUT2D eigenvalue weighted by Gasteiger charge is 2.63. The van der Waals surface area contributed by atoms with Crippen LogP contribution >= 0.6 is 0 Å². The highest BCUT2D eigenvalue weighted by atomic mass is 32.2. The summed E-state index contributed by atoms with van der Waals surface area (Å²) in [5.74, 6) is 0.477. The zero-order valence-corrected chi connectivity index (χ0v) is 21.9. The highest BCUT2D eigenvalue weighted by molar-refractivity contribution is 7.81. The fourth-order valence-electron chi connectivity index (χ4n) is 6.76. The minimum atomic E-state index is -1.96. The van der Waals surface area contributed by atoms with Crippen LogP contribution in [-0.4, -0.2) is 34.9 Å². The Morgan fingerprint density at radius 1 is 1.11 bits per heavy atom. The number of fused-ring (bicyclic) bond motifs is 7. The Morgan fingerprint density at radius 3 is 2.59 bits per heavy atom. The molecule has 3 aliphatic rings. The quantitative estimate of drug-likeness (QED) is 0.487. The largest absolute Gasteiger partial charge is 0.497 e. The molecule has 2 saturated carbocycles. The molecule has 1 amide bonds.